The van der Waals surface area contributed by atoms with Crippen molar-refractivity contribution in [2.45, 2.75) is 264 Å². The van der Waals surface area contributed by atoms with Gasteiger partial charge in [-0.15, -0.1) is 0 Å². The van der Waals surface area contributed by atoms with Gasteiger partial charge in [-0.05, 0) is 122 Å². The number of hydrogen-bond acceptors (Lipinski definition) is 5. The van der Waals surface area contributed by atoms with Gasteiger partial charge in [-0.3, -0.25) is 9.59 Å². The Bertz CT molecular complexity index is 1160. The van der Waals surface area contributed by atoms with Gasteiger partial charge in [-0.1, -0.05) is 184 Å². The van der Waals surface area contributed by atoms with Gasteiger partial charge in [0.25, 0.3) is 0 Å². The molecule has 0 aliphatic heterocycles. The maximum absolute atomic E-state index is 12.9. The quantitative estimate of drug-likeness (QED) is 0.0318. The van der Waals surface area contributed by atoms with Gasteiger partial charge in [0.15, 0.2) is 0 Å². The summed E-state index contributed by atoms with van der Waals surface area (Å²) >= 11 is 0. The molecular formula is C55H98N2O5. The second kappa shape index (κ2) is 49.1. The highest BCUT2D eigenvalue weighted by Gasteiger charge is 2.19. The van der Waals surface area contributed by atoms with E-state index in [1.54, 1.807) is 0 Å². The number of carboxylic acid groups (broad SMARTS) is 1. The molecule has 358 valence electrons. The number of allylic oxidation sites excluding steroid dienone is 10. The summed E-state index contributed by atoms with van der Waals surface area (Å²) in [6, 6.07) is -0.864. The summed E-state index contributed by atoms with van der Waals surface area (Å²) in [5.74, 6) is -1.26. The second-order valence-corrected chi connectivity index (χ2v) is 17.5. The van der Waals surface area contributed by atoms with Gasteiger partial charge >= 0.3 is 11.9 Å². The molecule has 0 aromatic heterocycles. The second-order valence-electron chi connectivity index (χ2n) is 17.5. The van der Waals surface area contributed by atoms with Gasteiger partial charge in [0.05, 0.1) is 0 Å². The first-order valence-corrected chi connectivity index (χ1v) is 26.1. The number of amides is 1. The number of nitrogens with one attached hydrogen (secondary N) is 1. The number of carbonyl (C=O) groups is 3. The van der Waals surface area contributed by atoms with Crippen LogP contribution in [0, 0.1) is 0 Å². The van der Waals surface area contributed by atoms with Crippen LogP contribution in [0.1, 0.15) is 251 Å². The summed E-state index contributed by atoms with van der Waals surface area (Å²) in [7, 11) is 0. The van der Waals surface area contributed by atoms with Crippen LogP contribution in [0.4, 0.5) is 0 Å². The third kappa shape index (κ3) is 45.1. The minimum atomic E-state index is -1.01. The first kappa shape index (κ1) is 59.1. The molecule has 0 radical (unpaired) electrons. The van der Waals surface area contributed by atoms with Crippen molar-refractivity contribution in [3.8, 4) is 0 Å². The standard InChI is InChI=1S/C55H98N2O5/c1-3-5-7-9-11-13-15-17-19-20-21-22-23-24-26-28-30-32-34-39-43-49-54(59)62-51(45-40-36-33-31-29-27-25-18-16-14-12-10-8-6-4-2)46-41-37-35-38-42-48-53(58)57-52(55(60)61)47-44-50-56/h6,8,12,14,18,20-21,25,29,31,51-52H,3-5,7,9-11,13,15-17,19,22-24,26-28,30,32-50,56H2,1-2H3,(H,57,58)(H,60,61)/b8-6-,14-12-,21-20-,25-18-,31-29-. The summed E-state index contributed by atoms with van der Waals surface area (Å²) in [5.41, 5.74) is 5.50. The largest absolute Gasteiger partial charge is 0.480 e. The predicted octanol–water partition coefficient (Wildman–Crippen LogP) is 15.7. The highest BCUT2D eigenvalue weighted by Crippen LogP contribution is 2.19. The minimum absolute atomic E-state index is 0.0300. The first-order chi connectivity index (χ1) is 30.4. The molecule has 0 aliphatic carbocycles. The Morgan fingerprint density at radius 2 is 0.887 bits per heavy atom. The monoisotopic (exact) mass is 867 g/mol. The van der Waals surface area contributed by atoms with Crippen molar-refractivity contribution in [1.29, 1.82) is 0 Å². The molecule has 62 heavy (non-hydrogen) atoms. The number of carbonyl (C=O) groups excluding carboxylic acids is 2. The fourth-order valence-electron chi connectivity index (χ4n) is 7.67. The van der Waals surface area contributed by atoms with Crippen LogP contribution >= 0.6 is 0 Å². The maximum Gasteiger partial charge on any atom is 0.326 e. The molecule has 7 nitrogen and oxygen atoms in total. The van der Waals surface area contributed by atoms with E-state index in [-0.39, 0.29) is 18.0 Å². The SMILES string of the molecule is CC/C=C\C/C=C\C/C=C\C/C=C\CCCCC(CCCCCCCC(=O)NC(CCCN)C(=O)O)OC(=O)CCCCCCCCCCC/C=C\CCCCCCCCCC. The number of aliphatic carboxylic acids is 1. The number of hydrogen-bond donors (Lipinski definition) is 3. The average molecular weight is 867 g/mol. The lowest BCUT2D eigenvalue weighted by Gasteiger charge is -2.18. The van der Waals surface area contributed by atoms with E-state index >= 15 is 0 Å². The first-order valence-electron chi connectivity index (χ1n) is 26.1. The van der Waals surface area contributed by atoms with Crippen molar-refractivity contribution in [2.75, 3.05) is 6.54 Å². The van der Waals surface area contributed by atoms with Crippen molar-refractivity contribution in [2.24, 2.45) is 5.73 Å². The highest BCUT2D eigenvalue weighted by atomic mass is 16.5. The van der Waals surface area contributed by atoms with E-state index in [9.17, 15) is 19.5 Å². The van der Waals surface area contributed by atoms with E-state index in [0.29, 0.717) is 32.2 Å². The lowest BCUT2D eigenvalue weighted by Crippen LogP contribution is -2.40. The molecule has 0 aliphatic rings. The van der Waals surface area contributed by atoms with Gasteiger partial charge in [0, 0.05) is 12.8 Å². The maximum atomic E-state index is 12.9. The molecule has 0 heterocycles. The Kier molecular flexibility index (Phi) is 46.8. The summed E-state index contributed by atoms with van der Waals surface area (Å²) in [5, 5.41) is 12.0. The zero-order valence-corrected chi connectivity index (χ0v) is 40.5. The van der Waals surface area contributed by atoms with Crippen LogP contribution in [0.5, 0.6) is 0 Å². The molecular weight excluding hydrogens is 769 g/mol. The Morgan fingerprint density at radius 1 is 0.484 bits per heavy atom. The fourth-order valence-corrected chi connectivity index (χ4v) is 7.67. The Morgan fingerprint density at radius 3 is 1.39 bits per heavy atom. The lowest BCUT2D eigenvalue weighted by atomic mass is 10.0. The number of nitrogens with two attached hydrogens (primary N) is 1. The summed E-state index contributed by atoms with van der Waals surface area (Å²) in [4.78, 5) is 36.6. The molecule has 2 atom stereocenters. The third-order valence-corrected chi connectivity index (χ3v) is 11.6. The van der Waals surface area contributed by atoms with Crippen LogP contribution in [-0.2, 0) is 19.1 Å². The van der Waals surface area contributed by atoms with Crippen LogP contribution in [0.25, 0.3) is 0 Å². The molecule has 0 bridgehead atoms. The van der Waals surface area contributed by atoms with Crippen LogP contribution in [-0.4, -0.2) is 41.6 Å². The normalized spacial score (nSPS) is 13.1. The van der Waals surface area contributed by atoms with E-state index in [1.807, 2.05) is 0 Å². The minimum Gasteiger partial charge on any atom is -0.480 e. The molecule has 0 saturated carbocycles. The molecule has 0 spiro atoms. The van der Waals surface area contributed by atoms with Gasteiger partial charge in [-0.2, -0.15) is 0 Å². The number of esters is 1. The number of rotatable bonds is 47. The molecule has 2 unspecified atom stereocenters. The molecule has 0 saturated heterocycles. The molecule has 0 aromatic carbocycles. The lowest BCUT2D eigenvalue weighted by molar-refractivity contribution is -0.150. The van der Waals surface area contributed by atoms with Gasteiger partial charge in [0.2, 0.25) is 5.91 Å². The average Bonchev–Trinajstić information content (AvgIpc) is 3.26. The van der Waals surface area contributed by atoms with Crippen LogP contribution in [0.2, 0.25) is 0 Å². The number of unbranched alkanes of at least 4 members (excludes halogenated alkanes) is 23. The van der Waals surface area contributed by atoms with E-state index in [2.05, 4.69) is 79.9 Å². The van der Waals surface area contributed by atoms with Crippen LogP contribution < -0.4 is 11.1 Å². The molecule has 0 fully saturated rings. The van der Waals surface area contributed by atoms with E-state index in [0.717, 1.165) is 103 Å². The summed E-state index contributed by atoms with van der Waals surface area (Å²) in [6.07, 6.45) is 62.8. The molecule has 1 amide bonds. The van der Waals surface area contributed by atoms with Crippen LogP contribution in [0.3, 0.4) is 0 Å². The highest BCUT2D eigenvalue weighted by molar-refractivity contribution is 5.83. The molecule has 4 N–H and O–H groups in total. The van der Waals surface area contributed by atoms with Crippen molar-refractivity contribution in [3.63, 3.8) is 0 Å². The Balaban J connectivity index is 4.32. The van der Waals surface area contributed by atoms with Crippen molar-refractivity contribution >= 4 is 17.8 Å². The summed E-state index contributed by atoms with van der Waals surface area (Å²) < 4.78 is 6.07. The predicted molar refractivity (Wildman–Crippen MR) is 266 cm³/mol. The van der Waals surface area contributed by atoms with E-state index in [1.165, 1.54) is 109 Å². The van der Waals surface area contributed by atoms with E-state index in [4.69, 9.17) is 10.5 Å². The van der Waals surface area contributed by atoms with Crippen molar-refractivity contribution in [3.05, 3.63) is 60.8 Å². The Hall–Kier alpha value is -2.93. The topological polar surface area (TPSA) is 119 Å². The molecule has 0 aromatic rings. The number of ether oxygens (including phenoxy) is 1. The van der Waals surface area contributed by atoms with Gasteiger partial charge in [-0.25, -0.2) is 4.79 Å². The molecule has 0 rings (SSSR count). The smallest absolute Gasteiger partial charge is 0.326 e. The van der Waals surface area contributed by atoms with E-state index < -0.39 is 12.0 Å². The third-order valence-electron chi connectivity index (χ3n) is 11.6. The fraction of sp³-hybridized carbons (Fsp3) is 0.764. The van der Waals surface area contributed by atoms with Gasteiger partial charge < -0.3 is 20.9 Å². The number of carboxylic acids is 1. The zero-order chi connectivity index (χ0) is 45.2. The zero-order valence-electron chi connectivity index (χ0n) is 40.5. The van der Waals surface area contributed by atoms with Crippen molar-refractivity contribution in [1.82, 2.24) is 5.32 Å². The summed E-state index contributed by atoms with van der Waals surface area (Å²) in [6.45, 7) is 4.85. The van der Waals surface area contributed by atoms with Gasteiger partial charge in [0.1, 0.15) is 12.1 Å². The Labute approximate surface area is 382 Å². The van der Waals surface area contributed by atoms with Crippen molar-refractivity contribution < 1.29 is 24.2 Å². The molecule has 7 heteroatoms. The van der Waals surface area contributed by atoms with Crippen LogP contribution in [0.15, 0.2) is 60.8 Å².